The molecular formula is C77H150O17P2. The average molecular weight is 1410 g/mol. The molecule has 0 aliphatic carbocycles. The Bertz CT molecular complexity index is 1860. The van der Waals surface area contributed by atoms with Crippen LogP contribution in [0.5, 0.6) is 0 Å². The van der Waals surface area contributed by atoms with E-state index in [4.69, 9.17) is 37.0 Å². The Morgan fingerprint density at radius 1 is 0.302 bits per heavy atom. The molecule has 6 atom stereocenters. The molecule has 0 heterocycles. The number of aliphatic hydroxyl groups is 1. The molecule has 0 aromatic carbocycles. The molecule has 17 nitrogen and oxygen atoms in total. The highest BCUT2D eigenvalue weighted by atomic mass is 31.2. The van der Waals surface area contributed by atoms with E-state index in [1.807, 2.05) is 0 Å². The fourth-order valence-electron chi connectivity index (χ4n) is 11.8. The number of aliphatic hydroxyl groups excluding tert-OH is 1. The molecule has 19 heteroatoms. The van der Waals surface area contributed by atoms with Gasteiger partial charge in [0.05, 0.1) is 26.4 Å². The molecule has 0 radical (unpaired) electrons. The molecule has 0 fully saturated rings. The summed E-state index contributed by atoms with van der Waals surface area (Å²) in [6.45, 7) is 9.67. The van der Waals surface area contributed by atoms with E-state index in [0.717, 1.165) is 102 Å². The van der Waals surface area contributed by atoms with Crippen LogP contribution in [0.25, 0.3) is 0 Å². The van der Waals surface area contributed by atoms with Crippen molar-refractivity contribution in [2.24, 2.45) is 11.8 Å². The van der Waals surface area contributed by atoms with Crippen molar-refractivity contribution in [1.29, 1.82) is 0 Å². The van der Waals surface area contributed by atoms with Gasteiger partial charge in [-0.05, 0) is 37.5 Å². The van der Waals surface area contributed by atoms with Crippen LogP contribution in [0.1, 0.15) is 401 Å². The first-order valence-electron chi connectivity index (χ1n) is 40.0. The lowest BCUT2D eigenvalue weighted by Gasteiger charge is -2.21. The van der Waals surface area contributed by atoms with E-state index in [1.165, 1.54) is 218 Å². The summed E-state index contributed by atoms with van der Waals surface area (Å²) < 4.78 is 68.5. The zero-order valence-electron chi connectivity index (χ0n) is 62.7. The van der Waals surface area contributed by atoms with Crippen LogP contribution < -0.4 is 0 Å². The summed E-state index contributed by atoms with van der Waals surface area (Å²) in [7, 11) is -9.91. The maximum Gasteiger partial charge on any atom is 0.472 e. The molecule has 0 saturated carbocycles. The largest absolute Gasteiger partial charge is 0.472 e. The summed E-state index contributed by atoms with van der Waals surface area (Å²) >= 11 is 0. The number of hydrogen-bond acceptors (Lipinski definition) is 15. The second-order valence-corrected chi connectivity index (χ2v) is 31.4. The van der Waals surface area contributed by atoms with E-state index in [9.17, 15) is 43.2 Å². The first kappa shape index (κ1) is 94.1. The van der Waals surface area contributed by atoms with Crippen LogP contribution in [0.15, 0.2) is 0 Å². The van der Waals surface area contributed by atoms with Gasteiger partial charge in [-0.2, -0.15) is 0 Å². The van der Waals surface area contributed by atoms with Crippen LogP contribution >= 0.6 is 15.6 Å². The van der Waals surface area contributed by atoms with Crippen molar-refractivity contribution in [3.8, 4) is 0 Å². The Morgan fingerprint density at radius 2 is 0.531 bits per heavy atom. The molecular weight excluding hydrogens is 1260 g/mol. The number of carbonyl (C=O) groups excluding carboxylic acids is 4. The summed E-state index contributed by atoms with van der Waals surface area (Å²) in [6.07, 6.45) is 56.7. The van der Waals surface area contributed by atoms with Gasteiger partial charge in [-0.15, -0.1) is 0 Å². The first-order valence-corrected chi connectivity index (χ1v) is 43.0. The number of rotatable bonds is 76. The van der Waals surface area contributed by atoms with Crippen molar-refractivity contribution < 1.29 is 80.2 Å². The van der Waals surface area contributed by atoms with Gasteiger partial charge in [0.15, 0.2) is 12.2 Å². The minimum atomic E-state index is -4.96. The molecule has 3 unspecified atom stereocenters. The molecule has 0 bridgehead atoms. The molecule has 0 spiro atoms. The maximum atomic E-state index is 13.1. The predicted octanol–water partition coefficient (Wildman–Crippen LogP) is 22.7. The van der Waals surface area contributed by atoms with Gasteiger partial charge in [-0.3, -0.25) is 37.3 Å². The van der Waals surface area contributed by atoms with Gasteiger partial charge in [-0.1, -0.05) is 350 Å². The highest BCUT2D eigenvalue weighted by Crippen LogP contribution is 2.45. The normalized spacial score (nSPS) is 14.3. The fraction of sp³-hybridized carbons (Fsp3) is 0.948. The van der Waals surface area contributed by atoms with Crippen molar-refractivity contribution in [3.63, 3.8) is 0 Å². The molecule has 0 aromatic heterocycles. The zero-order chi connectivity index (χ0) is 70.7. The third-order valence-corrected chi connectivity index (χ3v) is 20.2. The van der Waals surface area contributed by atoms with Crippen LogP contribution in [-0.2, 0) is 65.4 Å². The van der Waals surface area contributed by atoms with Crippen molar-refractivity contribution in [2.75, 3.05) is 39.6 Å². The number of hydrogen-bond donors (Lipinski definition) is 3. The second kappa shape index (κ2) is 68.8. The predicted molar refractivity (Wildman–Crippen MR) is 391 cm³/mol. The Kier molecular flexibility index (Phi) is 67.4. The van der Waals surface area contributed by atoms with Gasteiger partial charge in [0.25, 0.3) is 0 Å². The Balaban J connectivity index is 5.23. The van der Waals surface area contributed by atoms with Crippen molar-refractivity contribution in [1.82, 2.24) is 0 Å². The topological polar surface area (TPSA) is 237 Å². The molecule has 3 N–H and O–H groups in total. The van der Waals surface area contributed by atoms with E-state index < -0.39 is 97.5 Å². The smallest absolute Gasteiger partial charge is 0.462 e. The molecule has 0 aliphatic heterocycles. The summed E-state index contributed by atoms with van der Waals surface area (Å²) in [5, 5.41) is 10.6. The van der Waals surface area contributed by atoms with E-state index in [1.54, 1.807) is 0 Å². The Morgan fingerprint density at radius 3 is 0.792 bits per heavy atom. The molecule has 96 heavy (non-hydrogen) atoms. The van der Waals surface area contributed by atoms with E-state index in [2.05, 4.69) is 41.5 Å². The quantitative estimate of drug-likeness (QED) is 0.0222. The van der Waals surface area contributed by atoms with Crippen LogP contribution in [0.2, 0.25) is 0 Å². The maximum absolute atomic E-state index is 13.1. The number of phosphoric acid groups is 2. The van der Waals surface area contributed by atoms with E-state index >= 15 is 0 Å². The van der Waals surface area contributed by atoms with Gasteiger partial charge < -0.3 is 33.8 Å². The van der Waals surface area contributed by atoms with Crippen molar-refractivity contribution >= 4 is 39.5 Å². The lowest BCUT2D eigenvalue weighted by Crippen LogP contribution is -2.30. The molecule has 0 rings (SSSR count). The van der Waals surface area contributed by atoms with Gasteiger partial charge in [0.1, 0.15) is 19.3 Å². The molecule has 0 aromatic rings. The highest BCUT2D eigenvalue weighted by molar-refractivity contribution is 7.47. The van der Waals surface area contributed by atoms with Gasteiger partial charge >= 0.3 is 39.5 Å². The highest BCUT2D eigenvalue weighted by Gasteiger charge is 2.30. The van der Waals surface area contributed by atoms with Crippen molar-refractivity contribution in [3.05, 3.63) is 0 Å². The first-order chi connectivity index (χ1) is 46.4. The molecule has 570 valence electrons. The van der Waals surface area contributed by atoms with Crippen LogP contribution in [0.3, 0.4) is 0 Å². The van der Waals surface area contributed by atoms with Crippen molar-refractivity contribution in [2.45, 2.75) is 419 Å². The standard InChI is InChI=1S/C77H150O17P2/c1-7-10-12-14-16-18-28-37-43-49-55-61-76(81)93-72(65-87-74(79)59-53-47-41-35-19-17-15-13-11-8-2)67-91-95(83,84)89-63-71(78)64-90-96(85,86)92-68-73(66-88-75(80)60-54-48-42-36-31-26-22-20-24-29-33-39-45-51-57-69(4)5)94-77(82)62-56-50-44-38-32-27-23-21-25-30-34-40-46-52-58-70(6)9-3/h69-73,78H,7-68H2,1-6H3,(H,83,84)(H,85,86)/t70?,71-,72+,73+/m0/s1. The van der Waals surface area contributed by atoms with Crippen LogP contribution in [0, 0.1) is 11.8 Å². The number of esters is 4. The monoisotopic (exact) mass is 1410 g/mol. The lowest BCUT2D eigenvalue weighted by molar-refractivity contribution is -0.161. The summed E-state index contributed by atoms with van der Waals surface area (Å²) in [4.78, 5) is 72.8. The minimum absolute atomic E-state index is 0.107. The summed E-state index contributed by atoms with van der Waals surface area (Å²) in [5.74, 6) is -0.468. The second-order valence-electron chi connectivity index (χ2n) is 28.5. The molecule has 0 amide bonds. The number of ether oxygens (including phenoxy) is 4. The SMILES string of the molecule is CCCCCCCCCCCCCC(=O)O[C@H](COC(=O)CCCCCCCCCCCC)COP(=O)(O)OC[C@H](O)COP(=O)(O)OC[C@@H](COC(=O)CCCCCCCCCCCCCCCCC(C)C)OC(=O)CCCCCCCCCCCCCCCCC(C)CC. The molecule has 0 aliphatic rings. The van der Waals surface area contributed by atoms with E-state index in [-0.39, 0.29) is 25.7 Å². The Labute approximate surface area is 588 Å². The summed E-state index contributed by atoms with van der Waals surface area (Å²) in [6, 6.07) is 0. The van der Waals surface area contributed by atoms with Crippen LogP contribution in [0.4, 0.5) is 0 Å². The molecule has 0 saturated heterocycles. The third kappa shape index (κ3) is 69.2. The third-order valence-electron chi connectivity index (χ3n) is 18.3. The number of carbonyl (C=O) groups is 4. The Hall–Kier alpha value is -1.94. The lowest BCUT2D eigenvalue weighted by atomic mass is 9.99. The van der Waals surface area contributed by atoms with Crippen LogP contribution in [-0.4, -0.2) is 96.7 Å². The average Bonchev–Trinajstić information content (AvgIpc) is 1.20. The summed E-state index contributed by atoms with van der Waals surface area (Å²) in [5.41, 5.74) is 0. The van der Waals surface area contributed by atoms with Gasteiger partial charge in [0.2, 0.25) is 0 Å². The fourth-order valence-corrected chi connectivity index (χ4v) is 13.4. The zero-order valence-corrected chi connectivity index (χ0v) is 64.5. The van der Waals surface area contributed by atoms with E-state index in [0.29, 0.717) is 25.7 Å². The van der Waals surface area contributed by atoms with Gasteiger partial charge in [0, 0.05) is 25.7 Å². The minimum Gasteiger partial charge on any atom is -0.462 e. The number of phosphoric ester groups is 2. The number of unbranched alkanes of at least 4 members (excludes halogenated alkanes) is 45. The van der Waals surface area contributed by atoms with Gasteiger partial charge in [-0.25, -0.2) is 9.13 Å².